The number of hydrogen-bond donors (Lipinski definition) is 1. The number of nitro benzene ring substituents is 1. The lowest BCUT2D eigenvalue weighted by molar-refractivity contribution is -0.385. The van der Waals surface area contributed by atoms with Crippen LogP contribution >= 0.6 is 11.6 Å². The Morgan fingerprint density at radius 3 is 2.61 bits per heavy atom. The molecular formula is C12H15ClN2O3. The van der Waals surface area contributed by atoms with Crippen LogP contribution in [0.15, 0.2) is 24.3 Å². The molecule has 0 radical (unpaired) electrons. The Balaban J connectivity index is 2.81. The summed E-state index contributed by atoms with van der Waals surface area (Å²) in [6.07, 6.45) is 0.605. The summed E-state index contributed by atoms with van der Waals surface area (Å²) in [7, 11) is 0. The van der Waals surface area contributed by atoms with E-state index in [4.69, 9.17) is 11.6 Å². The van der Waals surface area contributed by atoms with Gasteiger partial charge in [0.25, 0.3) is 11.6 Å². The molecular weight excluding hydrogens is 256 g/mol. The van der Waals surface area contributed by atoms with Crippen LogP contribution in [0.3, 0.4) is 0 Å². The van der Waals surface area contributed by atoms with E-state index in [9.17, 15) is 14.9 Å². The lowest BCUT2D eigenvalue weighted by Gasteiger charge is -2.14. The van der Waals surface area contributed by atoms with Crippen molar-refractivity contribution in [2.24, 2.45) is 0 Å². The van der Waals surface area contributed by atoms with Crippen LogP contribution in [0.4, 0.5) is 5.69 Å². The molecule has 18 heavy (non-hydrogen) atoms. The van der Waals surface area contributed by atoms with Gasteiger partial charge in [-0.05, 0) is 26.3 Å². The van der Waals surface area contributed by atoms with Crippen LogP contribution in [0.5, 0.6) is 0 Å². The molecule has 1 N–H and O–H groups in total. The van der Waals surface area contributed by atoms with Crippen LogP contribution in [0.25, 0.3) is 0 Å². The molecule has 0 fully saturated rings. The molecule has 0 spiro atoms. The number of carbonyl (C=O) groups is 1. The van der Waals surface area contributed by atoms with Crippen LogP contribution in [0.1, 0.15) is 30.6 Å². The van der Waals surface area contributed by atoms with Gasteiger partial charge >= 0.3 is 0 Å². The van der Waals surface area contributed by atoms with E-state index in [0.29, 0.717) is 6.42 Å². The first-order chi connectivity index (χ1) is 8.41. The maximum Gasteiger partial charge on any atom is 0.282 e. The molecule has 2 atom stereocenters. The first kappa shape index (κ1) is 14.4. The van der Waals surface area contributed by atoms with Crippen molar-refractivity contribution in [3.8, 4) is 0 Å². The second-order valence-corrected chi connectivity index (χ2v) is 4.91. The zero-order valence-electron chi connectivity index (χ0n) is 10.2. The van der Waals surface area contributed by atoms with E-state index in [0.717, 1.165) is 0 Å². The number of nitrogens with zero attached hydrogens (tertiary/aromatic N) is 1. The van der Waals surface area contributed by atoms with Gasteiger partial charge in [0.05, 0.1) is 4.92 Å². The lowest BCUT2D eigenvalue weighted by atomic mass is 10.1. The molecule has 0 bridgehead atoms. The molecule has 6 heteroatoms. The summed E-state index contributed by atoms with van der Waals surface area (Å²) in [5, 5.41) is 13.4. The highest BCUT2D eigenvalue weighted by Crippen LogP contribution is 2.17. The maximum absolute atomic E-state index is 11.9. The van der Waals surface area contributed by atoms with Crippen molar-refractivity contribution in [3.63, 3.8) is 0 Å². The number of hydrogen-bond acceptors (Lipinski definition) is 3. The van der Waals surface area contributed by atoms with Gasteiger partial charge in [0.2, 0.25) is 0 Å². The molecule has 0 saturated carbocycles. The van der Waals surface area contributed by atoms with E-state index >= 15 is 0 Å². The minimum absolute atomic E-state index is 0.0638. The van der Waals surface area contributed by atoms with E-state index < -0.39 is 10.8 Å². The van der Waals surface area contributed by atoms with Crippen LogP contribution < -0.4 is 5.32 Å². The van der Waals surface area contributed by atoms with Gasteiger partial charge in [0.15, 0.2) is 0 Å². The highest BCUT2D eigenvalue weighted by atomic mass is 35.5. The van der Waals surface area contributed by atoms with Crippen LogP contribution in [0, 0.1) is 10.1 Å². The summed E-state index contributed by atoms with van der Waals surface area (Å²) in [4.78, 5) is 22.1. The predicted molar refractivity (Wildman–Crippen MR) is 70.0 cm³/mol. The van der Waals surface area contributed by atoms with Crippen LogP contribution in [0.2, 0.25) is 0 Å². The van der Waals surface area contributed by atoms with Crippen molar-refractivity contribution in [1.29, 1.82) is 0 Å². The molecule has 0 saturated heterocycles. The Kier molecular flexibility index (Phi) is 5.09. The monoisotopic (exact) mass is 270 g/mol. The topological polar surface area (TPSA) is 72.2 Å². The Hall–Kier alpha value is -1.62. The lowest BCUT2D eigenvalue weighted by Crippen LogP contribution is -2.34. The quantitative estimate of drug-likeness (QED) is 0.508. The number of benzene rings is 1. The third-order valence-electron chi connectivity index (χ3n) is 2.40. The Morgan fingerprint density at radius 2 is 2.06 bits per heavy atom. The Labute approximate surface area is 110 Å². The van der Waals surface area contributed by atoms with E-state index in [-0.39, 0.29) is 22.7 Å². The van der Waals surface area contributed by atoms with Crippen molar-refractivity contribution in [3.05, 3.63) is 39.9 Å². The third kappa shape index (κ3) is 4.00. The molecule has 1 amide bonds. The SMILES string of the molecule is CC(Cl)CC(C)NC(=O)c1ccccc1[N+](=O)[O-]. The molecule has 1 aromatic rings. The van der Waals surface area contributed by atoms with Gasteiger partial charge in [0, 0.05) is 17.5 Å². The van der Waals surface area contributed by atoms with Gasteiger partial charge in [-0.25, -0.2) is 0 Å². The molecule has 2 unspecified atom stereocenters. The molecule has 0 aliphatic heterocycles. The molecule has 1 rings (SSSR count). The smallest absolute Gasteiger partial charge is 0.282 e. The summed E-state index contributed by atoms with van der Waals surface area (Å²) < 4.78 is 0. The highest BCUT2D eigenvalue weighted by Gasteiger charge is 2.20. The van der Waals surface area contributed by atoms with Gasteiger partial charge < -0.3 is 5.32 Å². The molecule has 0 aliphatic rings. The van der Waals surface area contributed by atoms with Gasteiger partial charge in [-0.15, -0.1) is 11.6 Å². The molecule has 98 valence electrons. The normalized spacial score (nSPS) is 13.7. The number of alkyl halides is 1. The van der Waals surface area contributed by atoms with Gasteiger partial charge in [-0.3, -0.25) is 14.9 Å². The van der Waals surface area contributed by atoms with Crippen LogP contribution in [-0.4, -0.2) is 22.2 Å². The number of amides is 1. The number of para-hydroxylation sites is 1. The van der Waals surface area contributed by atoms with Crippen molar-refractivity contribution < 1.29 is 9.72 Å². The van der Waals surface area contributed by atoms with E-state index in [1.807, 2.05) is 13.8 Å². The van der Waals surface area contributed by atoms with Gasteiger partial charge in [0.1, 0.15) is 5.56 Å². The summed E-state index contributed by atoms with van der Waals surface area (Å²) in [5.74, 6) is -0.452. The second kappa shape index (κ2) is 6.35. The van der Waals surface area contributed by atoms with E-state index in [1.54, 1.807) is 6.07 Å². The fourth-order valence-electron chi connectivity index (χ4n) is 1.67. The Morgan fingerprint density at radius 1 is 1.44 bits per heavy atom. The summed E-state index contributed by atoms with van der Waals surface area (Å²) in [6, 6.07) is 5.73. The van der Waals surface area contributed by atoms with E-state index in [2.05, 4.69) is 5.32 Å². The van der Waals surface area contributed by atoms with Crippen LogP contribution in [-0.2, 0) is 0 Å². The number of halogens is 1. The molecule has 0 aromatic heterocycles. The minimum atomic E-state index is -0.566. The summed E-state index contributed by atoms with van der Waals surface area (Å²) >= 11 is 5.82. The number of nitrogens with one attached hydrogen (secondary N) is 1. The molecule has 1 aromatic carbocycles. The maximum atomic E-state index is 11.9. The molecule has 0 aliphatic carbocycles. The summed E-state index contributed by atoms with van der Waals surface area (Å²) in [5.41, 5.74) is -0.127. The average molecular weight is 271 g/mol. The van der Waals surface area contributed by atoms with Crippen molar-refractivity contribution in [2.45, 2.75) is 31.7 Å². The fourth-order valence-corrected chi connectivity index (χ4v) is 1.94. The third-order valence-corrected chi connectivity index (χ3v) is 2.58. The second-order valence-electron chi connectivity index (χ2n) is 4.17. The highest BCUT2D eigenvalue weighted by molar-refractivity contribution is 6.20. The Bertz CT molecular complexity index is 449. The standard InChI is InChI=1S/C12H15ClN2O3/c1-8(13)7-9(2)14-12(16)10-5-3-4-6-11(10)15(17)18/h3-6,8-9H,7H2,1-2H3,(H,14,16). The van der Waals surface area contributed by atoms with Gasteiger partial charge in [-0.1, -0.05) is 12.1 Å². The predicted octanol–water partition coefficient (Wildman–Crippen LogP) is 2.73. The van der Waals surface area contributed by atoms with Crippen molar-refractivity contribution in [2.75, 3.05) is 0 Å². The first-order valence-electron chi connectivity index (χ1n) is 5.60. The summed E-state index contributed by atoms with van der Waals surface area (Å²) in [6.45, 7) is 3.64. The molecule has 5 nitrogen and oxygen atoms in total. The number of nitro groups is 1. The fraction of sp³-hybridized carbons (Fsp3) is 0.417. The van der Waals surface area contributed by atoms with Crippen molar-refractivity contribution in [1.82, 2.24) is 5.32 Å². The first-order valence-corrected chi connectivity index (χ1v) is 6.03. The zero-order valence-corrected chi connectivity index (χ0v) is 11.0. The molecule has 0 heterocycles. The van der Waals surface area contributed by atoms with Gasteiger partial charge in [-0.2, -0.15) is 0 Å². The minimum Gasteiger partial charge on any atom is -0.349 e. The van der Waals surface area contributed by atoms with Crippen molar-refractivity contribution >= 4 is 23.2 Å². The largest absolute Gasteiger partial charge is 0.349 e. The average Bonchev–Trinajstić information content (AvgIpc) is 2.27. The number of rotatable bonds is 5. The number of carbonyl (C=O) groups excluding carboxylic acids is 1. The zero-order chi connectivity index (χ0) is 13.7. The van der Waals surface area contributed by atoms with E-state index in [1.165, 1.54) is 18.2 Å².